The van der Waals surface area contributed by atoms with Crippen LogP contribution in [-0.2, 0) is 7.05 Å². The molecule has 194 valence electrons. The fourth-order valence-electron chi connectivity index (χ4n) is 4.56. The summed E-state index contributed by atoms with van der Waals surface area (Å²) in [5.74, 6) is -0.117. The number of aryl methyl sites for hydroxylation is 3. The Morgan fingerprint density at radius 3 is 2.26 bits per heavy atom. The van der Waals surface area contributed by atoms with Gasteiger partial charge in [-0.05, 0) is 56.5 Å². The third-order valence-electron chi connectivity index (χ3n) is 6.86. The van der Waals surface area contributed by atoms with Gasteiger partial charge in [-0.15, -0.1) is 5.12 Å². The molecule has 0 unspecified atom stereocenters. The molecule has 0 saturated carbocycles. The summed E-state index contributed by atoms with van der Waals surface area (Å²) in [6.07, 6.45) is 10.1. The van der Waals surface area contributed by atoms with Crippen LogP contribution in [-0.4, -0.2) is 54.5 Å². The van der Waals surface area contributed by atoms with Crippen molar-refractivity contribution in [1.29, 1.82) is 0 Å². The molecule has 4 aromatic rings. The van der Waals surface area contributed by atoms with Crippen LogP contribution in [0.3, 0.4) is 0 Å². The van der Waals surface area contributed by atoms with Crippen LogP contribution in [0.15, 0.2) is 61.3 Å². The molecule has 0 atom stereocenters. The molecular formula is C28H28FN7O2. The van der Waals surface area contributed by atoms with Crippen molar-refractivity contribution in [3.63, 3.8) is 0 Å². The second-order valence-corrected chi connectivity index (χ2v) is 9.57. The molecule has 1 saturated heterocycles. The SMILES string of the molecule is Cc1ccc(C(=O)N(F)c2cc(C(=O)N3CCC(c4ncc(-c5cnn(C)c5)cn4)CC3)ccc2C)cn1. The Morgan fingerprint density at radius 1 is 0.921 bits per heavy atom. The summed E-state index contributed by atoms with van der Waals surface area (Å²) in [6, 6.07) is 7.93. The Balaban J connectivity index is 1.24. The highest BCUT2D eigenvalue weighted by Crippen LogP contribution is 2.29. The summed E-state index contributed by atoms with van der Waals surface area (Å²) in [5, 5.41) is 4.26. The van der Waals surface area contributed by atoms with Gasteiger partial charge >= 0.3 is 0 Å². The zero-order chi connectivity index (χ0) is 26.8. The Kier molecular flexibility index (Phi) is 6.95. The van der Waals surface area contributed by atoms with E-state index < -0.39 is 5.91 Å². The maximum atomic E-state index is 15.2. The van der Waals surface area contributed by atoms with Gasteiger partial charge in [-0.25, -0.2) is 9.97 Å². The van der Waals surface area contributed by atoms with Gasteiger partial charge in [0.05, 0.1) is 17.4 Å². The molecule has 1 aliphatic heterocycles. The highest BCUT2D eigenvalue weighted by Gasteiger charge is 2.27. The van der Waals surface area contributed by atoms with Crippen molar-refractivity contribution in [3.05, 3.63) is 89.5 Å². The minimum atomic E-state index is -0.833. The lowest BCUT2D eigenvalue weighted by Crippen LogP contribution is -2.38. The van der Waals surface area contributed by atoms with E-state index in [1.807, 2.05) is 13.2 Å². The number of anilines is 1. The van der Waals surface area contributed by atoms with E-state index in [9.17, 15) is 9.59 Å². The fraction of sp³-hybridized carbons (Fsp3) is 0.286. The van der Waals surface area contributed by atoms with Gasteiger partial charge in [0.2, 0.25) is 0 Å². The van der Waals surface area contributed by atoms with E-state index in [1.54, 1.807) is 60.2 Å². The maximum Gasteiger partial charge on any atom is 0.287 e. The van der Waals surface area contributed by atoms with Crippen molar-refractivity contribution in [2.24, 2.45) is 7.05 Å². The monoisotopic (exact) mass is 513 g/mol. The number of aromatic nitrogens is 5. The first-order valence-electron chi connectivity index (χ1n) is 12.4. The minimum Gasteiger partial charge on any atom is -0.339 e. The van der Waals surface area contributed by atoms with Gasteiger partial charge < -0.3 is 4.90 Å². The predicted octanol–water partition coefficient (Wildman–Crippen LogP) is 4.44. The summed E-state index contributed by atoms with van der Waals surface area (Å²) in [4.78, 5) is 40.9. The van der Waals surface area contributed by atoms with Crippen LogP contribution in [0.1, 0.15) is 56.6 Å². The van der Waals surface area contributed by atoms with Crippen molar-refractivity contribution in [3.8, 4) is 11.1 Å². The number of benzene rings is 1. The van der Waals surface area contributed by atoms with Crippen LogP contribution in [0.2, 0.25) is 0 Å². The van der Waals surface area contributed by atoms with Crippen LogP contribution < -0.4 is 5.12 Å². The second-order valence-electron chi connectivity index (χ2n) is 9.57. The van der Waals surface area contributed by atoms with Crippen molar-refractivity contribution in [1.82, 2.24) is 29.6 Å². The average molecular weight is 514 g/mol. The van der Waals surface area contributed by atoms with Gasteiger partial charge in [-0.1, -0.05) is 10.5 Å². The van der Waals surface area contributed by atoms with Crippen molar-refractivity contribution in [2.45, 2.75) is 32.6 Å². The largest absolute Gasteiger partial charge is 0.339 e. The van der Waals surface area contributed by atoms with E-state index in [2.05, 4.69) is 20.1 Å². The summed E-state index contributed by atoms with van der Waals surface area (Å²) >= 11 is 0. The molecule has 3 aromatic heterocycles. The number of likely N-dealkylation sites (tertiary alicyclic amines) is 1. The lowest BCUT2D eigenvalue weighted by molar-refractivity contribution is 0.0710. The molecule has 0 N–H and O–H groups in total. The number of hydrogen-bond acceptors (Lipinski definition) is 6. The summed E-state index contributed by atoms with van der Waals surface area (Å²) < 4.78 is 16.9. The zero-order valence-corrected chi connectivity index (χ0v) is 21.5. The number of nitrogens with zero attached hydrogens (tertiary/aromatic N) is 7. The number of piperidine rings is 1. The lowest BCUT2D eigenvalue weighted by Gasteiger charge is -2.31. The number of carbonyl (C=O) groups is 2. The quantitative estimate of drug-likeness (QED) is 0.366. The molecule has 0 bridgehead atoms. The summed E-state index contributed by atoms with van der Waals surface area (Å²) in [5.41, 5.74) is 3.64. The van der Waals surface area contributed by atoms with Gasteiger partial charge in [0.15, 0.2) is 0 Å². The molecule has 1 fully saturated rings. The number of amides is 2. The van der Waals surface area contributed by atoms with E-state index in [0.29, 0.717) is 24.2 Å². The normalized spacial score (nSPS) is 13.9. The number of rotatable bonds is 5. The predicted molar refractivity (Wildman–Crippen MR) is 140 cm³/mol. The molecule has 2 amide bonds. The standard InChI is InChI=1S/C28H28FN7O2/c1-18-4-6-21(12-25(18)36(29)28(38)22-7-5-19(2)30-13-22)27(37)35-10-8-20(9-11-35)26-31-14-23(15-32-26)24-16-33-34(3)17-24/h4-7,12-17,20H,8-11H2,1-3H3. The first-order chi connectivity index (χ1) is 18.3. The highest BCUT2D eigenvalue weighted by atomic mass is 19.2. The number of pyridine rings is 1. The minimum absolute atomic E-state index is 0.0402. The van der Waals surface area contributed by atoms with Crippen molar-refractivity contribution >= 4 is 17.5 Å². The smallest absolute Gasteiger partial charge is 0.287 e. The number of hydrogen-bond donors (Lipinski definition) is 0. The van der Waals surface area contributed by atoms with E-state index in [-0.39, 0.29) is 28.2 Å². The lowest BCUT2D eigenvalue weighted by atomic mass is 9.95. The van der Waals surface area contributed by atoms with Gasteiger partial charge in [0.1, 0.15) is 5.82 Å². The fourth-order valence-corrected chi connectivity index (χ4v) is 4.56. The third-order valence-corrected chi connectivity index (χ3v) is 6.86. The van der Waals surface area contributed by atoms with E-state index in [4.69, 9.17) is 0 Å². The van der Waals surface area contributed by atoms with Gasteiger partial charge in [-0.3, -0.25) is 19.3 Å². The average Bonchev–Trinajstić information content (AvgIpc) is 3.39. The van der Waals surface area contributed by atoms with Gasteiger partial charge in [-0.2, -0.15) is 5.10 Å². The Hall–Kier alpha value is -4.47. The molecule has 1 aromatic carbocycles. The van der Waals surface area contributed by atoms with Crippen LogP contribution in [0.25, 0.3) is 11.1 Å². The molecule has 38 heavy (non-hydrogen) atoms. The highest BCUT2D eigenvalue weighted by molar-refractivity contribution is 6.05. The molecule has 4 heterocycles. The van der Waals surface area contributed by atoms with Crippen molar-refractivity contribution in [2.75, 3.05) is 18.2 Å². The molecular weight excluding hydrogens is 485 g/mol. The van der Waals surface area contributed by atoms with E-state index in [1.165, 1.54) is 18.3 Å². The number of halogens is 1. The number of carbonyl (C=O) groups excluding carboxylic acids is 2. The second kappa shape index (κ2) is 10.5. The molecule has 1 aliphatic rings. The third kappa shape index (κ3) is 5.15. The van der Waals surface area contributed by atoms with E-state index >= 15 is 4.48 Å². The Labute approximate surface area is 219 Å². The maximum absolute atomic E-state index is 15.2. The molecule has 5 rings (SSSR count). The topological polar surface area (TPSA) is 97.1 Å². The van der Waals surface area contributed by atoms with Crippen LogP contribution in [0.4, 0.5) is 10.2 Å². The summed E-state index contributed by atoms with van der Waals surface area (Å²) in [7, 11) is 1.86. The van der Waals surface area contributed by atoms with Crippen LogP contribution >= 0.6 is 0 Å². The molecule has 0 spiro atoms. The van der Waals surface area contributed by atoms with E-state index in [0.717, 1.165) is 35.5 Å². The van der Waals surface area contributed by atoms with Crippen LogP contribution in [0, 0.1) is 13.8 Å². The van der Waals surface area contributed by atoms with Crippen LogP contribution in [0.5, 0.6) is 0 Å². The molecule has 9 nitrogen and oxygen atoms in total. The van der Waals surface area contributed by atoms with Gasteiger partial charge in [0, 0.05) is 73.2 Å². The summed E-state index contributed by atoms with van der Waals surface area (Å²) in [6.45, 7) is 4.56. The molecule has 10 heteroatoms. The van der Waals surface area contributed by atoms with Crippen molar-refractivity contribution < 1.29 is 14.1 Å². The zero-order valence-electron chi connectivity index (χ0n) is 21.5. The molecule has 0 radical (unpaired) electrons. The first-order valence-corrected chi connectivity index (χ1v) is 12.4. The molecule has 0 aliphatic carbocycles. The van der Waals surface area contributed by atoms with Gasteiger partial charge in [0.25, 0.3) is 11.8 Å². The Morgan fingerprint density at radius 2 is 1.63 bits per heavy atom. The Bertz CT molecular complexity index is 1460. The first kappa shape index (κ1) is 25.2.